The highest BCUT2D eigenvalue weighted by molar-refractivity contribution is 5.74. The van der Waals surface area contributed by atoms with Gasteiger partial charge < -0.3 is 15.0 Å². The van der Waals surface area contributed by atoms with Crippen LogP contribution in [0, 0.1) is 0 Å². The van der Waals surface area contributed by atoms with Crippen molar-refractivity contribution in [2.75, 3.05) is 52.4 Å². The first-order chi connectivity index (χ1) is 15.0. The van der Waals surface area contributed by atoms with Crippen LogP contribution in [0.1, 0.15) is 45.1 Å². The number of hydrogen-bond donors (Lipinski definition) is 1. The number of rotatable bonds is 5. The molecular weight excluding hydrogens is 388 g/mol. The largest absolute Gasteiger partial charge is 0.375 e. The van der Waals surface area contributed by atoms with Gasteiger partial charge in [-0.05, 0) is 51.5 Å². The van der Waals surface area contributed by atoms with E-state index in [0.717, 1.165) is 51.8 Å². The average molecular weight is 429 g/mol. The van der Waals surface area contributed by atoms with Crippen LogP contribution in [0.25, 0.3) is 0 Å². The van der Waals surface area contributed by atoms with Gasteiger partial charge in [-0.1, -0.05) is 30.3 Å². The molecule has 3 aliphatic rings. The van der Waals surface area contributed by atoms with E-state index in [4.69, 9.17) is 4.74 Å². The van der Waals surface area contributed by atoms with Crippen LogP contribution < -0.4 is 5.32 Å². The number of benzene rings is 1. The van der Waals surface area contributed by atoms with Crippen LogP contribution in [-0.4, -0.2) is 90.8 Å². The topological polar surface area (TPSA) is 48.1 Å². The van der Waals surface area contributed by atoms with Crippen LogP contribution in [0.2, 0.25) is 0 Å². The second-order valence-corrected chi connectivity index (χ2v) is 9.80. The van der Waals surface area contributed by atoms with Crippen molar-refractivity contribution in [3.63, 3.8) is 0 Å². The molecule has 4 rings (SSSR count). The quantitative estimate of drug-likeness (QED) is 0.783. The van der Waals surface area contributed by atoms with Crippen LogP contribution in [-0.2, 0) is 11.2 Å². The van der Waals surface area contributed by atoms with Crippen molar-refractivity contribution in [1.82, 2.24) is 20.0 Å². The summed E-state index contributed by atoms with van der Waals surface area (Å²) in [4.78, 5) is 19.9. The third-order valence-corrected chi connectivity index (χ3v) is 7.56. The number of carbonyl (C=O) groups is 1. The molecule has 172 valence electrons. The van der Waals surface area contributed by atoms with Crippen LogP contribution in [0.5, 0.6) is 0 Å². The number of amides is 2. The molecule has 3 heterocycles. The Balaban J connectivity index is 1.21. The zero-order chi connectivity index (χ0) is 21.7. The highest BCUT2D eigenvalue weighted by atomic mass is 16.5. The minimum absolute atomic E-state index is 0.0289. The number of nitrogens with zero attached hydrogens (tertiary/aromatic N) is 3. The van der Waals surface area contributed by atoms with E-state index in [1.54, 1.807) is 0 Å². The minimum atomic E-state index is -0.0289. The standard InChI is InChI=1S/C25H40N4O2/c1-21(2)27-15-17-28(18-16-27)23-9-19-31-25(20-23)10-13-29(14-11-25)24(30)26-12-8-22-6-4-3-5-7-22/h3-7,21,23H,8-20H2,1-2H3,(H,26,30)/t23-/m0/s1. The number of carbonyl (C=O) groups excluding carboxylic acids is 1. The van der Waals surface area contributed by atoms with Gasteiger partial charge in [-0.25, -0.2) is 4.79 Å². The Morgan fingerprint density at radius 1 is 1.10 bits per heavy atom. The third kappa shape index (κ3) is 5.79. The molecule has 0 unspecified atom stereocenters. The zero-order valence-corrected chi connectivity index (χ0v) is 19.4. The molecule has 0 aromatic heterocycles. The molecule has 0 saturated carbocycles. The smallest absolute Gasteiger partial charge is 0.317 e. The van der Waals surface area contributed by atoms with Gasteiger partial charge in [0.1, 0.15) is 0 Å². The van der Waals surface area contributed by atoms with E-state index in [1.165, 1.54) is 31.7 Å². The summed E-state index contributed by atoms with van der Waals surface area (Å²) in [6, 6.07) is 11.7. The Bertz CT molecular complexity index is 695. The SMILES string of the molecule is CC(C)N1CCN([C@H]2CCOC3(CCN(C(=O)NCCc4ccccc4)CC3)C2)CC1. The highest BCUT2D eigenvalue weighted by Gasteiger charge is 2.43. The van der Waals surface area contributed by atoms with E-state index in [9.17, 15) is 4.79 Å². The van der Waals surface area contributed by atoms with Crippen molar-refractivity contribution in [2.45, 2.75) is 63.6 Å². The molecule has 31 heavy (non-hydrogen) atoms. The minimum Gasteiger partial charge on any atom is -0.375 e. The van der Waals surface area contributed by atoms with Gasteiger partial charge in [-0.15, -0.1) is 0 Å². The molecule has 3 fully saturated rings. The molecule has 1 spiro atoms. The molecule has 0 aliphatic carbocycles. The maximum Gasteiger partial charge on any atom is 0.317 e. The maximum absolute atomic E-state index is 12.6. The Kier molecular flexibility index (Phi) is 7.51. The van der Waals surface area contributed by atoms with E-state index in [1.807, 2.05) is 23.1 Å². The lowest BCUT2D eigenvalue weighted by Gasteiger charge is -2.50. The maximum atomic E-state index is 12.6. The van der Waals surface area contributed by atoms with Crippen LogP contribution in [0.15, 0.2) is 30.3 Å². The summed E-state index contributed by atoms with van der Waals surface area (Å²) in [6.45, 7) is 12.4. The van der Waals surface area contributed by atoms with E-state index in [-0.39, 0.29) is 11.6 Å². The summed E-state index contributed by atoms with van der Waals surface area (Å²) < 4.78 is 6.36. The van der Waals surface area contributed by atoms with Crippen molar-refractivity contribution in [1.29, 1.82) is 0 Å². The predicted molar refractivity (Wildman–Crippen MR) is 124 cm³/mol. The summed E-state index contributed by atoms with van der Waals surface area (Å²) in [7, 11) is 0. The van der Waals surface area contributed by atoms with Gasteiger partial charge in [0.15, 0.2) is 0 Å². The van der Waals surface area contributed by atoms with Gasteiger partial charge in [0.05, 0.1) is 5.60 Å². The average Bonchev–Trinajstić information content (AvgIpc) is 2.80. The van der Waals surface area contributed by atoms with E-state index < -0.39 is 0 Å². The first kappa shape index (κ1) is 22.6. The van der Waals surface area contributed by atoms with Crippen LogP contribution in [0.4, 0.5) is 4.79 Å². The van der Waals surface area contributed by atoms with Crippen molar-refractivity contribution in [3.8, 4) is 0 Å². The van der Waals surface area contributed by atoms with Gasteiger partial charge in [-0.3, -0.25) is 9.80 Å². The number of piperazine rings is 1. The lowest BCUT2D eigenvalue weighted by Crippen LogP contribution is -2.58. The van der Waals surface area contributed by atoms with Gasteiger partial charge in [0.2, 0.25) is 0 Å². The lowest BCUT2D eigenvalue weighted by molar-refractivity contribution is -0.132. The molecule has 1 atom stereocenters. The van der Waals surface area contributed by atoms with Crippen molar-refractivity contribution in [3.05, 3.63) is 35.9 Å². The Labute approximate surface area is 187 Å². The van der Waals surface area contributed by atoms with E-state index >= 15 is 0 Å². The van der Waals surface area contributed by atoms with Crippen molar-refractivity contribution >= 4 is 6.03 Å². The molecule has 6 nitrogen and oxygen atoms in total. The third-order valence-electron chi connectivity index (χ3n) is 7.56. The van der Waals surface area contributed by atoms with Crippen molar-refractivity contribution < 1.29 is 9.53 Å². The van der Waals surface area contributed by atoms with Gasteiger partial charge in [-0.2, -0.15) is 0 Å². The molecule has 3 saturated heterocycles. The van der Waals surface area contributed by atoms with Crippen molar-refractivity contribution in [2.24, 2.45) is 0 Å². The molecular formula is C25H40N4O2. The molecule has 6 heteroatoms. The Morgan fingerprint density at radius 2 is 1.81 bits per heavy atom. The fourth-order valence-corrected chi connectivity index (χ4v) is 5.47. The first-order valence-corrected chi connectivity index (χ1v) is 12.2. The second kappa shape index (κ2) is 10.3. The fourth-order valence-electron chi connectivity index (χ4n) is 5.47. The molecule has 3 aliphatic heterocycles. The van der Waals surface area contributed by atoms with E-state index in [0.29, 0.717) is 18.6 Å². The van der Waals surface area contributed by atoms with E-state index in [2.05, 4.69) is 41.1 Å². The number of urea groups is 1. The summed E-state index contributed by atoms with van der Waals surface area (Å²) in [6.07, 6.45) is 5.06. The number of hydrogen-bond acceptors (Lipinski definition) is 4. The highest BCUT2D eigenvalue weighted by Crippen LogP contribution is 2.37. The number of ether oxygens (including phenoxy) is 1. The molecule has 1 aromatic rings. The number of piperidine rings is 1. The summed E-state index contributed by atoms with van der Waals surface area (Å²) >= 11 is 0. The molecule has 1 aromatic carbocycles. The number of nitrogens with one attached hydrogen (secondary N) is 1. The Hall–Kier alpha value is -1.63. The lowest BCUT2D eigenvalue weighted by atomic mass is 9.81. The molecule has 0 bridgehead atoms. The normalized spacial score (nSPS) is 25.1. The van der Waals surface area contributed by atoms with Gasteiger partial charge >= 0.3 is 6.03 Å². The molecule has 0 radical (unpaired) electrons. The number of likely N-dealkylation sites (tertiary alicyclic amines) is 1. The molecule has 1 N–H and O–H groups in total. The summed E-state index contributed by atoms with van der Waals surface area (Å²) in [5.41, 5.74) is 1.23. The Morgan fingerprint density at radius 3 is 2.48 bits per heavy atom. The summed E-state index contributed by atoms with van der Waals surface area (Å²) in [5.74, 6) is 0. The molecule has 2 amide bonds. The summed E-state index contributed by atoms with van der Waals surface area (Å²) in [5, 5.41) is 3.10. The zero-order valence-electron chi connectivity index (χ0n) is 19.4. The van der Waals surface area contributed by atoms with Crippen LogP contribution in [0.3, 0.4) is 0 Å². The first-order valence-electron chi connectivity index (χ1n) is 12.2. The second-order valence-electron chi connectivity index (χ2n) is 9.80. The van der Waals surface area contributed by atoms with Gasteiger partial charge in [0.25, 0.3) is 0 Å². The monoisotopic (exact) mass is 428 g/mol. The van der Waals surface area contributed by atoms with Crippen LogP contribution >= 0.6 is 0 Å². The fraction of sp³-hybridized carbons (Fsp3) is 0.720. The van der Waals surface area contributed by atoms with Gasteiger partial charge in [0, 0.05) is 64.5 Å². The predicted octanol–water partition coefficient (Wildman–Crippen LogP) is 2.98.